The van der Waals surface area contributed by atoms with Gasteiger partial charge in [-0.2, -0.15) is 0 Å². The van der Waals surface area contributed by atoms with Gasteiger partial charge in [-0.3, -0.25) is 9.59 Å². The first-order valence-corrected chi connectivity index (χ1v) is 9.11. The third-order valence-electron chi connectivity index (χ3n) is 4.96. The first kappa shape index (κ1) is 17.0. The molecular weight excluding hydrogens is 302 g/mol. The number of amides is 2. The largest absolute Gasteiger partial charge is 0.349 e. The van der Waals surface area contributed by atoms with Gasteiger partial charge in [0.25, 0.3) is 5.91 Å². The molecule has 2 aliphatic heterocycles. The summed E-state index contributed by atoms with van der Waals surface area (Å²) in [6.07, 6.45) is 4.70. The van der Waals surface area contributed by atoms with Crippen LogP contribution in [0, 0.1) is 0 Å². The molecule has 3 rings (SSSR count). The van der Waals surface area contributed by atoms with Crippen LogP contribution < -0.4 is 10.2 Å². The topological polar surface area (TPSA) is 52.7 Å². The number of carbonyl (C=O) groups is 2. The number of piperidine rings is 1. The summed E-state index contributed by atoms with van der Waals surface area (Å²) in [6.45, 7) is 6.21. The lowest BCUT2D eigenvalue weighted by molar-refractivity contribution is -0.117. The second-order valence-corrected chi connectivity index (χ2v) is 6.79. The van der Waals surface area contributed by atoms with E-state index in [9.17, 15) is 9.59 Å². The van der Waals surface area contributed by atoms with E-state index in [0.717, 1.165) is 51.1 Å². The van der Waals surface area contributed by atoms with Crippen molar-refractivity contribution in [3.05, 3.63) is 29.8 Å². The Kier molecular flexibility index (Phi) is 5.51. The Bertz CT molecular complexity index is 594. The van der Waals surface area contributed by atoms with E-state index in [2.05, 4.69) is 17.1 Å². The third-order valence-corrected chi connectivity index (χ3v) is 4.96. The Morgan fingerprint density at radius 2 is 2.04 bits per heavy atom. The molecule has 2 aliphatic rings. The number of hydrogen-bond acceptors (Lipinski definition) is 3. The minimum absolute atomic E-state index is 0.0302. The molecule has 0 saturated carbocycles. The van der Waals surface area contributed by atoms with Crippen molar-refractivity contribution in [2.45, 2.75) is 45.1 Å². The number of benzene rings is 1. The smallest absolute Gasteiger partial charge is 0.251 e. The lowest BCUT2D eigenvalue weighted by Gasteiger charge is -2.32. The molecule has 5 nitrogen and oxygen atoms in total. The van der Waals surface area contributed by atoms with E-state index < -0.39 is 0 Å². The molecule has 2 fully saturated rings. The maximum absolute atomic E-state index is 12.5. The van der Waals surface area contributed by atoms with Crippen LogP contribution in [-0.2, 0) is 4.79 Å². The van der Waals surface area contributed by atoms with E-state index >= 15 is 0 Å². The third kappa shape index (κ3) is 3.96. The molecule has 0 bridgehead atoms. The van der Waals surface area contributed by atoms with E-state index in [0.29, 0.717) is 12.0 Å². The molecular formula is C19H27N3O2. The van der Waals surface area contributed by atoms with Crippen LogP contribution in [0.15, 0.2) is 24.3 Å². The molecule has 130 valence electrons. The number of likely N-dealkylation sites (tertiary alicyclic amines) is 1. The lowest BCUT2D eigenvalue weighted by Crippen LogP contribution is -2.44. The van der Waals surface area contributed by atoms with Crippen molar-refractivity contribution < 1.29 is 9.59 Å². The summed E-state index contributed by atoms with van der Waals surface area (Å²) in [5.41, 5.74) is 1.48. The Balaban J connectivity index is 1.58. The van der Waals surface area contributed by atoms with E-state index in [1.54, 1.807) is 4.90 Å². The highest BCUT2D eigenvalue weighted by atomic mass is 16.2. The van der Waals surface area contributed by atoms with Gasteiger partial charge in [0.1, 0.15) is 0 Å². The summed E-state index contributed by atoms with van der Waals surface area (Å²) >= 11 is 0. The van der Waals surface area contributed by atoms with Crippen molar-refractivity contribution in [3.8, 4) is 0 Å². The molecule has 1 aromatic rings. The van der Waals surface area contributed by atoms with Gasteiger partial charge in [-0.25, -0.2) is 0 Å². The number of nitrogens with zero attached hydrogens (tertiary/aromatic N) is 2. The quantitative estimate of drug-likeness (QED) is 0.902. The zero-order valence-corrected chi connectivity index (χ0v) is 14.5. The summed E-state index contributed by atoms with van der Waals surface area (Å²) in [7, 11) is 0. The highest BCUT2D eigenvalue weighted by Gasteiger charge is 2.23. The van der Waals surface area contributed by atoms with Crippen LogP contribution in [0.2, 0.25) is 0 Å². The highest BCUT2D eigenvalue weighted by molar-refractivity contribution is 5.99. The van der Waals surface area contributed by atoms with E-state index in [1.165, 1.54) is 6.42 Å². The minimum Gasteiger partial charge on any atom is -0.349 e. The number of nitrogens with one attached hydrogen (secondary N) is 1. The molecule has 2 amide bonds. The SMILES string of the molecule is CCCN1CCC(NC(=O)c2cccc(N3CCCC3=O)c2)CC1. The molecule has 2 saturated heterocycles. The summed E-state index contributed by atoms with van der Waals surface area (Å²) in [6, 6.07) is 7.68. The summed E-state index contributed by atoms with van der Waals surface area (Å²) in [5.74, 6) is 0.119. The zero-order valence-electron chi connectivity index (χ0n) is 14.5. The molecule has 1 N–H and O–H groups in total. The molecule has 2 heterocycles. The fourth-order valence-electron chi connectivity index (χ4n) is 3.62. The van der Waals surface area contributed by atoms with Gasteiger partial charge in [0.2, 0.25) is 5.91 Å². The molecule has 0 atom stereocenters. The average molecular weight is 329 g/mol. The van der Waals surface area contributed by atoms with E-state index in [4.69, 9.17) is 0 Å². The first-order valence-electron chi connectivity index (χ1n) is 9.11. The first-order chi connectivity index (χ1) is 11.7. The second-order valence-electron chi connectivity index (χ2n) is 6.79. The minimum atomic E-state index is -0.0302. The average Bonchev–Trinajstić information content (AvgIpc) is 3.03. The Labute approximate surface area is 144 Å². The van der Waals surface area contributed by atoms with Gasteiger partial charge in [0, 0.05) is 43.3 Å². The van der Waals surface area contributed by atoms with Crippen molar-refractivity contribution in [2.24, 2.45) is 0 Å². The fraction of sp³-hybridized carbons (Fsp3) is 0.579. The van der Waals surface area contributed by atoms with E-state index in [1.807, 2.05) is 24.3 Å². The van der Waals surface area contributed by atoms with Gasteiger partial charge >= 0.3 is 0 Å². The molecule has 24 heavy (non-hydrogen) atoms. The Morgan fingerprint density at radius 1 is 1.25 bits per heavy atom. The summed E-state index contributed by atoms with van der Waals surface area (Å²) in [5, 5.41) is 3.16. The Morgan fingerprint density at radius 3 is 2.71 bits per heavy atom. The van der Waals surface area contributed by atoms with Gasteiger partial charge in [-0.1, -0.05) is 13.0 Å². The van der Waals surface area contributed by atoms with Gasteiger partial charge in [0.15, 0.2) is 0 Å². The van der Waals surface area contributed by atoms with Crippen LogP contribution in [0.4, 0.5) is 5.69 Å². The number of carbonyl (C=O) groups excluding carboxylic acids is 2. The van der Waals surface area contributed by atoms with Crippen molar-refractivity contribution in [1.82, 2.24) is 10.2 Å². The van der Waals surface area contributed by atoms with Crippen molar-refractivity contribution in [3.63, 3.8) is 0 Å². The van der Waals surface area contributed by atoms with Crippen LogP contribution >= 0.6 is 0 Å². The van der Waals surface area contributed by atoms with Crippen LogP contribution in [0.1, 0.15) is 49.4 Å². The van der Waals surface area contributed by atoms with Crippen LogP contribution in [0.25, 0.3) is 0 Å². The molecule has 0 spiro atoms. The van der Waals surface area contributed by atoms with Gasteiger partial charge < -0.3 is 15.1 Å². The maximum atomic E-state index is 12.5. The van der Waals surface area contributed by atoms with Crippen LogP contribution in [0.3, 0.4) is 0 Å². The Hall–Kier alpha value is -1.88. The monoisotopic (exact) mass is 329 g/mol. The van der Waals surface area contributed by atoms with Crippen molar-refractivity contribution >= 4 is 17.5 Å². The molecule has 5 heteroatoms. The normalized spacial score (nSPS) is 19.7. The van der Waals surface area contributed by atoms with Crippen LogP contribution in [0.5, 0.6) is 0 Å². The molecule has 0 radical (unpaired) electrons. The molecule has 0 unspecified atom stereocenters. The van der Waals surface area contributed by atoms with Gasteiger partial charge in [0.05, 0.1) is 0 Å². The van der Waals surface area contributed by atoms with E-state index in [-0.39, 0.29) is 17.9 Å². The summed E-state index contributed by atoms with van der Waals surface area (Å²) < 4.78 is 0. The van der Waals surface area contributed by atoms with Crippen molar-refractivity contribution in [2.75, 3.05) is 31.1 Å². The number of hydrogen-bond donors (Lipinski definition) is 1. The second kappa shape index (κ2) is 7.79. The summed E-state index contributed by atoms with van der Waals surface area (Å²) in [4.78, 5) is 28.7. The zero-order chi connectivity index (χ0) is 16.9. The van der Waals surface area contributed by atoms with Crippen LogP contribution in [-0.4, -0.2) is 48.9 Å². The molecule has 0 aromatic heterocycles. The van der Waals surface area contributed by atoms with Gasteiger partial charge in [-0.15, -0.1) is 0 Å². The highest BCUT2D eigenvalue weighted by Crippen LogP contribution is 2.22. The standard InChI is InChI=1S/C19H27N3O2/c1-2-10-21-12-8-16(9-13-21)20-19(24)15-5-3-6-17(14-15)22-11-4-7-18(22)23/h3,5-6,14,16H,2,4,7-13H2,1H3,(H,20,24). The lowest BCUT2D eigenvalue weighted by atomic mass is 10.0. The number of rotatable bonds is 5. The predicted molar refractivity (Wildman–Crippen MR) is 95.2 cm³/mol. The van der Waals surface area contributed by atoms with Gasteiger partial charge in [-0.05, 0) is 50.4 Å². The molecule has 0 aliphatic carbocycles. The molecule has 1 aromatic carbocycles. The van der Waals surface area contributed by atoms with Crippen molar-refractivity contribution in [1.29, 1.82) is 0 Å². The fourth-order valence-corrected chi connectivity index (χ4v) is 3.62. The predicted octanol–water partition coefficient (Wildman–Crippen LogP) is 2.42. The number of anilines is 1. The maximum Gasteiger partial charge on any atom is 0.251 e.